The number of aromatic hydroxyl groups is 1. The smallest absolute Gasteiger partial charge is 0.168 e. The summed E-state index contributed by atoms with van der Waals surface area (Å²) >= 11 is 4.67. The molecule has 1 aromatic carbocycles. The van der Waals surface area contributed by atoms with Crippen molar-refractivity contribution in [1.29, 1.82) is 0 Å². The van der Waals surface area contributed by atoms with E-state index in [-0.39, 0.29) is 10.9 Å². The van der Waals surface area contributed by atoms with E-state index in [1.807, 2.05) is 19.9 Å². The Kier molecular flexibility index (Phi) is 2.72. The second-order valence-corrected chi connectivity index (χ2v) is 3.33. The molecule has 0 bridgehead atoms. The molecule has 13 heavy (non-hydrogen) atoms. The molecule has 0 aliphatic rings. The Bertz CT molecular complexity index is 350. The van der Waals surface area contributed by atoms with E-state index in [4.69, 9.17) is 5.73 Å². The first kappa shape index (κ1) is 9.80. The van der Waals surface area contributed by atoms with Crippen molar-refractivity contribution in [3.8, 4) is 5.75 Å². The summed E-state index contributed by atoms with van der Waals surface area (Å²) in [5.74, 6) is 0.202. The van der Waals surface area contributed by atoms with Gasteiger partial charge in [-0.2, -0.15) is 0 Å². The number of hydrogen-bond donors (Lipinski definition) is 3. The van der Waals surface area contributed by atoms with Crippen LogP contribution < -0.4 is 11.1 Å². The Morgan fingerprint density at radius 1 is 1.46 bits per heavy atom. The second kappa shape index (κ2) is 3.62. The van der Waals surface area contributed by atoms with Crippen LogP contribution in [0.4, 0.5) is 5.69 Å². The highest BCUT2D eigenvalue weighted by molar-refractivity contribution is 7.80. The normalized spacial score (nSPS) is 9.69. The zero-order chi connectivity index (χ0) is 10.0. The van der Waals surface area contributed by atoms with Gasteiger partial charge in [-0.25, -0.2) is 0 Å². The number of rotatable bonds is 1. The molecule has 0 fully saturated rings. The van der Waals surface area contributed by atoms with Crippen LogP contribution in [0.15, 0.2) is 12.1 Å². The summed E-state index contributed by atoms with van der Waals surface area (Å²) in [4.78, 5) is 0. The van der Waals surface area contributed by atoms with Crippen molar-refractivity contribution in [1.82, 2.24) is 0 Å². The number of thiocarbonyl (C=S) groups is 1. The first-order valence-corrected chi connectivity index (χ1v) is 4.29. The number of aryl methyl sites for hydroxylation is 1. The van der Waals surface area contributed by atoms with Gasteiger partial charge in [0.2, 0.25) is 0 Å². The number of nitrogens with one attached hydrogen (secondary N) is 1. The van der Waals surface area contributed by atoms with E-state index in [0.717, 1.165) is 11.1 Å². The molecule has 0 unspecified atom stereocenters. The molecule has 0 saturated carbocycles. The zero-order valence-corrected chi connectivity index (χ0v) is 8.40. The lowest BCUT2D eigenvalue weighted by atomic mass is 10.1. The van der Waals surface area contributed by atoms with E-state index in [1.54, 1.807) is 6.07 Å². The van der Waals surface area contributed by atoms with Gasteiger partial charge in [-0.15, -0.1) is 0 Å². The minimum Gasteiger partial charge on any atom is -0.505 e. The number of phenolic OH excluding ortho intramolecular Hbond substituents is 1. The summed E-state index contributed by atoms with van der Waals surface area (Å²) in [6, 6.07) is 3.65. The lowest BCUT2D eigenvalue weighted by Crippen LogP contribution is -2.19. The van der Waals surface area contributed by atoms with Crippen LogP contribution in [-0.2, 0) is 0 Å². The lowest BCUT2D eigenvalue weighted by Gasteiger charge is -2.10. The van der Waals surface area contributed by atoms with Crippen molar-refractivity contribution in [2.75, 3.05) is 5.32 Å². The number of phenols is 1. The Balaban J connectivity index is 3.10. The van der Waals surface area contributed by atoms with Crippen LogP contribution >= 0.6 is 12.2 Å². The van der Waals surface area contributed by atoms with Crippen LogP contribution in [0, 0.1) is 13.8 Å². The van der Waals surface area contributed by atoms with Gasteiger partial charge in [0.15, 0.2) is 5.11 Å². The van der Waals surface area contributed by atoms with Crippen molar-refractivity contribution in [3.05, 3.63) is 23.3 Å². The van der Waals surface area contributed by atoms with Gasteiger partial charge in [0.1, 0.15) is 5.75 Å². The molecular formula is C9H12N2OS. The minimum atomic E-state index is 0.151. The highest BCUT2D eigenvalue weighted by atomic mass is 32.1. The number of anilines is 1. The summed E-state index contributed by atoms with van der Waals surface area (Å²) in [6.07, 6.45) is 0. The van der Waals surface area contributed by atoms with Crippen molar-refractivity contribution >= 4 is 23.0 Å². The first-order chi connectivity index (χ1) is 6.02. The summed E-state index contributed by atoms with van der Waals surface area (Å²) in [7, 11) is 0. The standard InChI is InChI=1S/C9H12N2OS/c1-5-3-4-7(11-9(10)13)8(12)6(5)2/h3-4,12H,1-2H3,(H3,10,11,13). The molecule has 0 radical (unpaired) electrons. The Labute approximate surface area is 82.6 Å². The Hall–Kier alpha value is -1.29. The zero-order valence-electron chi connectivity index (χ0n) is 7.59. The molecule has 0 aromatic heterocycles. The number of nitrogens with two attached hydrogens (primary N) is 1. The Morgan fingerprint density at radius 3 is 2.62 bits per heavy atom. The van der Waals surface area contributed by atoms with Gasteiger partial charge in [0.25, 0.3) is 0 Å². The molecule has 0 spiro atoms. The Morgan fingerprint density at radius 2 is 2.08 bits per heavy atom. The molecule has 0 amide bonds. The maximum atomic E-state index is 9.65. The highest BCUT2D eigenvalue weighted by Crippen LogP contribution is 2.28. The predicted molar refractivity (Wildman–Crippen MR) is 58.0 cm³/mol. The van der Waals surface area contributed by atoms with Gasteiger partial charge in [-0.3, -0.25) is 0 Å². The summed E-state index contributed by atoms with van der Waals surface area (Å²) in [5.41, 5.74) is 7.71. The molecule has 0 saturated heterocycles. The van der Waals surface area contributed by atoms with Crippen molar-refractivity contribution in [3.63, 3.8) is 0 Å². The third-order valence-electron chi connectivity index (χ3n) is 1.96. The van der Waals surface area contributed by atoms with Crippen molar-refractivity contribution in [2.24, 2.45) is 5.73 Å². The minimum absolute atomic E-state index is 0.151. The SMILES string of the molecule is Cc1ccc(NC(N)=S)c(O)c1C. The maximum Gasteiger partial charge on any atom is 0.168 e. The fourth-order valence-electron chi connectivity index (χ4n) is 1.03. The van der Waals surface area contributed by atoms with Crippen LogP contribution in [0.3, 0.4) is 0 Å². The van der Waals surface area contributed by atoms with Crippen LogP contribution in [0.25, 0.3) is 0 Å². The third-order valence-corrected chi connectivity index (χ3v) is 2.06. The summed E-state index contributed by atoms with van der Waals surface area (Å²) < 4.78 is 0. The van der Waals surface area contributed by atoms with Gasteiger partial charge in [-0.05, 0) is 43.3 Å². The molecule has 3 nitrogen and oxygen atoms in total. The first-order valence-electron chi connectivity index (χ1n) is 3.88. The number of hydrogen-bond acceptors (Lipinski definition) is 2. The van der Waals surface area contributed by atoms with E-state index < -0.39 is 0 Å². The van der Waals surface area contributed by atoms with Gasteiger partial charge in [0, 0.05) is 0 Å². The molecule has 0 atom stereocenters. The molecule has 0 aliphatic carbocycles. The van der Waals surface area contributed by atoms with E-state index in [9.17, 15) is 5.11 Å². The van der Waals surface area contributed by atoms with Crippen LogP contribution in [-0.4, -0.2) is 10.2 Å². The molecule has 0 aliphatic heterocycles. The van der Waals surface area contributed by atoms with Crippen LogP contribution in [0.2, 0.25) is 0 Å². The molecule has 1 rings (SSSR count). The molecule has 0 heterocycles. The fraction of sp³-hybridized carbons (Fsp3) is 0.222. The quantitative estimate of drug-likeness (QED) is 0.472. The van der Waals surface area contributed by atoms with Crippen molar-refractivity contribution in [2.45, 2.75) is 13.8 Å². The van der Waals surface area contributed by atoms with Crippen molar-refractivity contribution < 1.29 is 5.11 Å². The topological polar surface area (TPSA) is 58.3 Å². The summed E-state index contributed by atoms with van der Waals surface area (Å²) in [5, 5.41) is 12.5. The van der Waals surface area contributed by atoms with Gasteiger partial charge >= 0.3 is 0 Å². The van der Waals surface area contributed by atoms with E-state index in [1.165, 1.54) is 0 Å². The molecule has 4 heteroatoms. The maximum absolute atomic E-state index is 9.65. The van der Waals surface area contributed by atoms with Crippen LogP contribution in [0.1, 0.15) is 11.1 Å². The average Bonchev–Trinajstić information content (AvgIpc) is 2.06. The van der Waals surface area contributed by atoms with Gasteiger partial charge in [0.05, 0.1) is 5.69 Å². The molecular weight excluding hydrogens is 184 g/mol. The van der Waals surface area contributed by atoms with E-state index >= 15 is 0 Å². The largest absolute Gasteiger partial charge is 0.505 e. The van der Waals surface area contributed by atoms with Crippen LogP contribution in [0.5, 0.6) is 5.75 Å². The van der Waals surface area contributed by atoms with E-state index in [0.29, 0.717) is 5.69 Å². The van der Waals surface area contributed by atoms with Gasteiger partial charge in [-0.1, -0.05) is 6.07 Å². The number of benzene rings is 1. The molecule has 4 N–H and O–H groups in total. The summed E-state index contributed by atoms with van der Waals surface area (Å²) in [6.45, 7) is 3.77. The fourth-order valence-corrected chi connectivity index (χ4v) is 1.14. The second-order valence-electron chi connectivity index (χ2n) is 2.89. The van der Waals surface area contributed by atoms with Gasteiger partial charge < -0.3 is 16.2 Å². The molecule has 1 aromatic rings. The average molecular weight is 196 g/mol. The predicted octanol–water partition coefficient (Wildman–Crippen LogP) is 1.66. The monoisotopic (exact) mass is 196 g/mol. The lowest BCUT2D eigenvalue weighted by molar-refractivity contribution is 0.473. The highest BCUT2D eigenvalue weighted by Gasteiger charge is 2.05. The van der Waals surface area contributed by atoms with E-state index in [2.05, 4.69) is 17.5 Å². The third kappa shape index (κ3) is 2.09. The molecule has 70 valence electrons.